The second-order valence-corrected chi connectivity index (χ2v) is 3.96. The highest BCUT2D eigenvalue weighted by Crippen LogP contribution is 2.06. The van der Waals surface area contributed by atoms with E-state index in [4.69, 9.17) is 11.2 Å². The standard InChI is InChI=1S/C10H17NO2/c1-6-7-8(2)11-9(12)13-10(3,4)5/h1,8H,7H2,2-5H3,(H,11,12)/t8-/m0/s1. The average Bonchev–Trinajstić information content (AvgIpc) is 1.81. The van der Waals surface area contributed by atoms with Crippen molar-refractivity contribution in [1.29, 1.82) is 0 Å². The van der Waals surface area contributed by atoms with Crippen molar-refractivity contribution in [2.45, 2.75) is 45.8 Å². The number of nitrogens with one attached hydrogen (secondary N) is 1. The summed E-state index contributed by atoms with van der Waals surface area (Å²) in [6, 6.07) is -0.0418. The van der Waals surface area contributed by atoms with Crippen LogP contribution in [0.3, 0.4) is 0 Å². The molecule has 0 saturated heterocycles. The van der Waals surface area contributed by atoms with Crippen LogP contribution in [0.25, 0.3) is 0 Å². The third kappa shape index (κ3) is 7.20. The monoisotopic (exact) mass is 183 g/mol. The molecule has 0 aliphatic heterocycles. The van der Waals surface area contributed by atoms with Crippen molar-refractivity contribution in [3.63, 3.8) is 0 Å². The van der Waals surface area contributed by atoms with Gasteiger partial charge < -0.3 is 10.1 Å². The summed E-state index contributed by atoms with van der Waals surface area (Å²) in [6.45, 7) is 7.29. The predicted octanol–water partition coefficient (Wildman–Crippen LogP) is 1.92. The quantitative estimate of drug-likeness (QED) is 0.664. The summed E-state index contributed by atoms with van der Waals surface area (Å²) in [5.41, 5.74) is -0.458. The van der Waals surface area contributed by atoms with E-state index < -0.39 is 11.7 Å². The van der Waals surface area contributed by atoms with Crippen LogP contribution in [-0.4, -0.2) is 17.7 Å². The Hall–Kier alpha value is -1.17. The van der Waals surface area contributed by atoms with Gasteiger partial charge in [0, 0.05) is 12.5 Å². The Labute approximate surface area is 79.8 Å². The van der Waals surface area contributed by atoms with Gasteiger partial charge in [-0.3, -0.25) is 0 Å². The highest BCUT2D eigenvalue weighted by atomic mass is 16.6. The van der Waals surface area contributed by atoms with Crippen LogP contribution in [-0.2, 0) is 4.74 Å². The van der Waals surface area contributed by atoms with E-state index >= 15 is 0 Å². The predicted molar refractivity (Wildman–Crippen MR) is 52.3 cm³/mol. The molecule has 1 amide bonds. The Morgan fingerprint density at radius 1 is 1.62 bits per heavy atom. The summed E-state index contributed by atoms with van der Waals surface area (Å²) in [4.78, 5) is 11.1. The van der Waals surface area contributed by atoms with Gasteiger partial charge >= 0.3 is 6.09 Å². The van der Waals surface area contributed by atoms with Gasteiger partial charge in [0.15, 0.2) is 0 Å². The van der Waals surface area contributed by atoms with Crippen molar-refractivity contribution in [2.24, 2.45) is 0 Å². The second kappa shape index (κ2) is 4.76. The van der Waals surface area contributed by atoms with Gasteiger partial charge in [-0.2, -0.15) is 0 Å². The summed E-state index contributed by atoms with van der Waals surface area (Å²) >= 11 is 0. The van der Waals surface area contributed by atoms with Crippen LogP contribution in [0.2, 0.25) is 0 Å². The number of rotatable bonds is 2. The zero-order chi connectivity index (χ0) is 10.5. The molecule has 0 aliphatic carbocycles. The van der Waals surface area contributed by atoms with Crippen LogP contribution >= 0.6 is 0 Å². The first-order valence-electron chi connectivity index (χ1n) is 4.28. The summed E-state index contributed by atoms with van der Waals surface area (Å²) in [5, 5.41) is 2.63. The normalized spacial score (nSPS) is 12.8. The van der Waals surface area contributed by atoms with Gasteiger partial charge in [-0.25, -0.2) is 4.79 Å². The zero-order valence-electron chi connectivity index (χ0n) is 8.68. The van der Waals surface area contributed by atoms with Gasteiger partial charge in [0.05, 0.1) is 0 Å². The van der Waals surface area contributed by atoms with Crippen molar-refractivity contribution >= 4 is 6.09 Å². The first-order valence-corrected chi connectivity index (χ1v) is 4.28. The molecular formula is C10H17NO2. The molecule has 3 nitrogen and oxygen atoms in total. The Morgan fingerprint density at radius 2 is 2.15 bits per heavy atom. The highest BCUT2D eigenvalue weighted by molar-refractivity contribution is 5.68. The van der Waals surface area contributed by atoms with Crippen LogP contribution < -0.4 is 5.32 Å². The number of carbonyl (C=O) groups is 1. The molecule has 0 aromatic carbocycles. The molecule has 74 valence electrons. The number of amides is 1. The molecule has 0 bridgehead atoms. The fraction of sp³-hybridized carbons (Fsp3) is 0.700. The smallest absolute Gasteiger partial charge is 0.407 e. The number of terminal acetylenes is 1. The first-order chi connectivity index (χ1) is 5.85. The largest absolute Gasteiger partial charge is 0.444 e. The Morgan fingerprint density at radius 3 is 2.54 bits per heavy atom. The van der Waals surface area contributed by atoms with Gasteiger partial charge in [0.2, 0.25) is 0 Å². The third-order valence-corrected chi connectivity index (χ3v) is 1.19. The van der Waals surface area contributed by atoms with Crippen molar-refractivity contribution in [3.8, 4) is 12.3 Å². The topological polar surface area (TPSA) is 38.3 Å². The summed E-state index contributed by atoms with van der Waals surface area (Å²) < 4.78 is 5.04. The van der Waals surface area contributed by atoms with E-state index in [1.807, 2.05) is 27.7 Å². The van der Waals surface area contributed by atoms with Crippen LogP contribution in [0.4, 0.5) is 4.79 Å². The SMILES string of the molecule is C#CC[C@H](C)NC(=O)OC(C)(C)C. The van der Waals surface area contributed by atoms with Gasteiger partial charge in [0.25, 0.3) is 0 Å². The maximum atomic E-state index is 11.1. The fourth-order valence-corrected chi connectivity index (χ4v) is 0.737. The van der Waals surface area contributed by atoms with E-state index in [2.05, 4.69) is 11.2 Å². The molecule has 0 radical (unpaired) electrons. The first kappa shape index (κ1) is 11.8. The Kier molecular flexibility index (Phi) is 4.33. The number of hydrogen-bond donors (Lipinski definition) is 1. The highest BCUT2D eigenvalue weighted by Gasteiger charge is 2.16. The molecule has 0 aromatic rings. The van der Waals surface area contributed by atoms with Crippen molar-refractivity contribution in [2.75, 3.05) is 0 Å². The maximum absolute atomic E-state index is 11.1. The zero-order valence-corrected chi connectivity index (χ0v) is 8.68. The van der Waals surface area contributed by atoms with Crippen LogP contribution in [0.1, 0.15) is 34.1 Å². The molecule has 1 atom stereocenters. The molecule has 3 heteroatoms. The lowest BCUT2D eigenvalue weighted by molar-refractivity contribution is 0.0509. The minimum Gasteiger partial charge on any atom is -0.444 e. The van der Waals surface area contributed by atoms with E-state index in [1.54, 1.807) is 0 Å². The number of alkyl carbamates (subject to hydrolysis) is 1. The molecule has 0 spiro atoms. The number of ether oxygens (including phenoxy) is 1. The van der Waals surface area contributed by atoms with E-state index in [1.165, 1.54) is 0 Å². The van der Waals surface area contributed by atoms with E-state index in [0.717, 1.165) is 0 Å². The van der Waals surface area contributed by atoms with Crippen LogP contribution in [0.15, 0.2) is 0 Å². The van der Waals surface area contributed by atoms with E-state index in [9.17, 15) is 4.79 Å². The van der Waals surface area contributed by atoms with Gasteiger partial charge in [0.1, 0.15) is 5.60 Å². The van der Waals surface area contributed by atoms with Crippen molar-refractivity contribution in [1.82, 2.24) is 5.32 Å². The third-order valence-electron chi connectivity index (χ3n) is 1.19. The molecule has 13 heavy (non-hydrogen) atoms. The van der Waals surface area contributed by atoms with Crippen molar-refractivity contribution < 1.29 is 9.53 Å². The number of carbonyl (C=O) groups excluding carboxylic acids is 1. The summed E-state index contributed by atoms with van der Waals surface area (Å²) in [7, 11) is 0. The van der Waals surface area contributed by atoms with Crippen LogP contribution in [0, 0.1) is 12.3 Å². The maximum Gasteiger partial charge on any atom is 0.407 e. The van der Waals surface area contributed by atoms with Crippen molar-refractivity contribution in [3.05, 3.63) is 0 Å². The Balaban J connectivity index is 3.83. The minimum atomic E-state index is -0.458. The van der Waals surface area contributed by atoms with Gasteiger partial charge in [-0.05, 0) is 27.7 Å². The second-order valence-electron chi connectivity index (χ2n) is 3.96. The molecule has 0 rings (SSSR count). The lowest BCUT2D eigenvalue weighted by Crippen LogP contribution is -2.37. The summed E-state index contributed by atoms with van der Waals surface area (Å²) in [6.07, 6.45) is 5.18. The Bertz CT molecular complexity index is 210. The van der Waals surface area contributed by atoms with Crippen LogP contribution in [0.5, 0.6) is 0 Å². The fourth-order valence-electron chi connectivity index (χ4n) is 0.737. The lowest BCUT2D eigenvalue weighted by atomic mass is 10.2. The number of hydrogen-bond acceptors (Lipinski definition) is 2. The summed E-state index contributed by atoms with van der Waals surface area (Å²) in [5.74, 6) is 2.47. The molecule has 1 N–H and O–H groups in total. The molecule has 0 aromatic heterocycles. The molecule has 0 unspecified atom stereocenters. The molecular weight excluding hydrogens is 166 g/mol. The average molecular weight is 183 g/mol. The molecule has 0 heterocycles. The van der Waals surface area contributed by atoms with Gasteiger partial charge in [-0.15, -0.1) is 12.3 Å². The van der Waals surface area contributed by atoms with E-state index in [0.29, 0.717) is 6.42 Å². The minimum absolute atomic E-state index is 0.0418. The molecule has 0 saturated carbocycles. The van der Waals surface area contributed by atoms with E-state index in [-0.39, 0.29) is 6.04 Å². The molecule has 0 aliphatic rings. The van der Waals surface area contributed by atoms with Gasteiger partial charge in [-0.1, -0.05) is 0 Å². The molecule has 0 fully saturated rings. The lowest BCUT2D eigenvalue weighted by Gasteiger charge is -2.21.